The molecule has 0 N–H and O–H groups in total. The van der Waals surface area contributed by atoms with E-state index in [4.69, 9.17) is 9.47 Å². The molecule has 116 valence electrons. The zero-order valence-corrected chi connectivity index (χ0v) is 14.2. The smallest absolute Gasteiger partial charge is 0.196 e. The highest BCUT2D eigenvalue weighted by Gasteiger charge is 2.60. The molecule has 0 aromatic heterocycles. The van der Waals surface area contributed by atoms with Gasteiger partial charge in [-0.1, -0.05) is 37.6 Å². The van der Waals surface area contributed by atoms with Gasteiger partial charge in [0, 0.05) is 12.0 Å². The van der Waals surface area contributed by atoms with E-state index in [-0.39, 0.29) is 11.7 Å². The largest absolute Gasteiger partial charge is 0.465 e. The van der Waals surface area contributed by atoms with E-state index in [0.29, 0.717) is 12.0 Å². The molecule has 0 heterocycles. The highest BCUT2D eigenvalue weighted by atomic mass is 16.7. The fourth-order valence-corrected chi connectivity index (χ4v) is 3.26. The minimum absolute atomic E-state index is 0.190. The summed E-state index contributed by atoms with van der Waals surface area (Å²) in [4.78, 5) is 0. The van der Waals surface area contributed by atoms with Crippen LogP contribution in [0.3, 0.4) is 0 Å². The lowest BCUT2D eigenvalue weighted by atomic mass is 9.86. The topological polar surface area (TPSA) is 18.5 Å². The fraction of sp³-hybridized carbons (Fsp3) is 0.579. The predicted molar refractivity (Wildman–Crippen MR) is 87.7 cm³/mol. The maximum Gasteiger partial charge on any atom is 0.196 e. The van der Waals surface area contributed by atoms with Crippen molar-refractivity contribution in [3.8, 4) is 5.75 Å². The van der Waals surface area contributed by atoms with Crippen molar-refractivity contribution >= 4 is 0 Å². The summed E-state index contributed by atoms with van der Waals surface area (Å²) in [6.45, 7) is 13.6. The van der Waals surface area contributed by atoms with Gasteiger partial charge in [-0.2, -0.15) is 0 Å². The summed E-state index contributed by atoms with van der Waals surface area (Å²) in [7, 11) is 0. The Hall–Kier alpha value is -1.28. The summed E-state index contributed by atoms with van der Waals surface area (Å²) < 4.78 is 11.1. The van der Waals surface area contributed by atoms with Crippen LogP contribution in [0.2, 0.25) is 0 Å². The van der Waals surface area contributed by atoms with Gasteiger partial charge in [0.05, 0.1) is 0 Å². The lowest BCUT2D eigenvalue weighted by Gasteiger charge is -2.19. The third-order valence-corrected chi connectivity index (χ3v) is 4.41. The molecule has 0 spiro atoms. The van der Waals surface area contributed by atoms with Crippen molar-refractivity contribution in [3.05, 3.63) is 41.5 Å². The monoisotopic (exact) mass is 288 g/mol. The van der Waals surface area contributed by atoms with Gasteiger partial charge >= 0.3 is 0 Å². The van der Waals surface area contributed by atoms with Gasteiger partial charge in [-0.3, -0.25) is 0 Å². The van der Waals surface area contributed by atoms with Crippen LogP contribution in [-0.2, 0) is 10.2 Å². The molecule has 0 saturated heterocycles. The first-order valence-corrected chi connectivity index (χ1v) is 7.85. The van der Waals surface area contributed by atoms with Crippen molar-refractivity contribution in [2.75, 3.05) is 6.61 Å². The Bertz CT molecular complexity index is 509. The first-order chi connectivity index (χ1) is 9.80. The molecule has 1 aromatic rings. The minimum atomic E-state index is -0.204. The van der Waals surface area contributed by atoms with Gasteiger partial charge in [0.1, 0.15) is 5.75 Å². The van der Waals surface area contributed by atoms with Crippen molar-refractivity contribution in [1.82, 2.24) is 0 Å². The summed E-state index contributed by atoms with van der Waals surface area (Å²) >= 11 is 0. The van der Waals surface area contributed by atoms with E-state index in [1.54, 1.807) is 0 Å². The number of ether oxygens (including phenoxy) is 2. The quantitative estimate of drug-likeness (QED) is 0.536. The molecule has 1 aliphatic rings. The molecule has 0 radical (unpaired) electrons. The molecule has 21 heavy (non-hydrogen) atoms. The molecule has 0 bridgehead atoms. The zero-order valence-electron chi connectivity index (χ0n) is 14.2. The second kappa shape index (κ2) is 5.84. The van der Waals surface area contributed by atoms with Gasteiger partial charge < -0.3 is 9.47 Å². The van der Waals surface area contributed by atoms with Crippen LogP contribution in [0.4, 0.5) is 0 Å². The summed E-state index contributed by atoms with van der Waals surface area (Å²) in [6, 6.07) is 8.50. The highest BCUT2D eigenvalue weighted by molar-refractivity contribution is 5.45. The van der Waals surface area contributed by atoms with E-state index in [2.05, 4.69) is 58.0 Å². The summed E-state index contributed by atoms with van der Waals surface area (Å²) in [6.07, 6.45) is 3.43. The Morgan fingerprint density at radius 1 is 1.24 bits per heavy atom. The molecule has 1 aliphatic carbocycles. The second-order valence-corrected chi connectivity index (χ2v) is 6.92. The first-order valence-electron chi connectivity index (χ1n) is 7.85. The standard InChI is InChI=1S/C19H28O2/c1-7-20-15(4)21-17-10-8-16(9-11-17)19(12-14(2)3)13-18(19,5)6/h8-12,15H,7,13H2,1-6H3. The van der Waals surface area contributed by atoms with Gasteiger partial charge in [0.25, 0.3) is 0 Å². The maximum absolute atomic E-state index is 5.74. The van der Waals surface area contributed by atoms with Gasteiger partial charge in [0.15, 0.2) is 6.29 Å². The lowest BCUT2D eigenvalue weighted by Crippen LogP contribution is -2.16. The average Bonchev–Trinajstić information content (AvgIpc) is 2.92. The summed E-state index contributed by atoms with van der Waals surface area (Å²) in [5.74, 6) is 0.866. The maximum atomic E-state index is 5.74. The highest BCUT2D eigenvalue weighted by Crippen LogP contribution is 2.65. The molecule has 2 unspecified atom stereocenters. The van der Waals surface area contributed by atoms with Gasteiger partial charge in [-0.15, -0.1) is 0 Å². The Morgan fingerprint density at radius 3 is 2.24 bits per heavy atom. The summed E-state index contributed by atoms with van der Waals surface area (Å²) in [5, 5.41) is 0. The first kappa shape index (κ1) is 16.1. The van der Waals surface area contributed by atoms with Crippen molar-refractivity contribution in [1.29, 1.82) is 0 Å². The number of hydrogen-bond acceptors (Lipinski definition) is 2. The van der Waals surface area contributed by atoms with Crippen LogP contribution in [0, 0.1) is 5.41 Å². The summed E-state index contributed by atoms with van der Waals surface area (Å²) in [5.41, 5.74) is 3.29. The van der Waals surface area contributed by atoms with E-state index in [1.165, 1.54) is 17.6 Å². The van der Waals surface area contributed by atoms with Crippen molar-refractivity contribution in [2.24, 2.45) is 5.41 Å². The van der Waals surface area contributed by atoms with Gasteiger partial charge in [-0.05, 0) is 57.2 Å². The molecule has 1 fully saturated rings. The molecule has 2 rings (SSSR count). The Labute approximate surface area is 129 Å². The second-order valence-electron chi connectivity index (χ2n) is 6.92. The van der Waals surface area contributed by atoms with E-state index >= 15 is 0 Å². The minimum Gasteiger partial charge on any atom is -0.465 e. The molecule has 1 saturated carbocycles. The molecule has 2 nitrogen and oxygen atoms in total. The molecular formula is C19H28O2. The molecule has 2 heteroatoms. The Kier molecular flexibility index (Phi) is 4.48. The Morgan fingerprint density at radius 2 is 1.81 bits per heavy atom. The number of rotatable bonds is 6. The van der Waals surface area contributed by atoms with Crippen molar-refractivity contribution < 1.29 is 9.47 Å². The van der Waals surface area contributed by atoms with Crippen molar-refractivity contribution in [3.63, 3.8) is 0 Å². The van der Waals surface area contributed by atoms with Crippen LogP contribution in [-0.4, -0.2) is 12.9 Å². The normalized spacial score (nSPS) is 24.3. The van der Waals surface area contributed by atoms with Gasteiger partial charge in [0.2, 0.25) is 0 Å². The van der Waals surface area contributed by atoms with E-state index in [1.807, 2.05) is 13.8 Å². The van der Waals surface area contributed by atoms with E-state index in [9.17, 15) is 0 Å². The third-order valence-electron chi connectivity index (χ3n) is 4.41. The van der Waals surface area contributed by atoms with E-state index < -0.39 is 0 Å². The third kappa shape index (κ3) is 3.32. The Balaban J connectivity index is 2.17. The number of allylic oxidation sites excluding steroid dienone is 2. The van der Waals surface area contributed by atoms with Crippen LogP contribution in [0.25, 0.3) is 0 Å². The SMILES string of the molecule is CCOC(C)Oc1ccc(C2(C=C(C)C)CC2(C)C)cc1. The van der Waals surface area contributed by atoms with Crippen LogP contribution in [0.1, 0.15) is 53.5 Å². The van der Waals surface area contributed by atoms with E-state index in [0.717, 1.165) is 5.75 Å². The molecule has 2 atom stereocenters. The number of hydrogen-bond donors (Lipinski definition) is 0. The van der Waals surface area contributed by atoms with Crippen LogP contribution < -0.4 is 4.74 Å². The average molecular weight is 288 g/mol. The molecule has 0 aliphatic heterocycles. The van der Waals surface area contributed by atoms with Crippen LogP contribution >= 0.6 is 0 Å². The van der Waals surface area contributed by atoms with Gasteiger partial charge in [-0.25, -0.2) is 0 Å². The van der Waals surface area contributed by atoms with Crippen LogP contribution in [0.15, 0.2) is 35.9 Å². The van der Waals surface area contributed by atoms with Crippen molar-refractivity contribution in [2.45, 2.75) is 59.7 Å². The zero-order chi connectivity index (χ0) is 15.7. The molecule has 1 aromatic carbocycles. The molecule has 0 amide bonds. The predicted octanol–water partition coefficient (Wildman–Crippen LogP) is 5.08. The van der Waals surface area contributed by atoms with Crippen LogP contribution in [0.5, 0.6) is 5.75 Å². The molecular weight excluding hydrogens is 260 g/mol. The lowest BCUT2D eigenvalue weighted by molar-refractivity contribution is -0.0613. The fourth-order valence-electron chi connectivity index (χ4n) is 3.26. The number of benzene rings is 1.